The maximum Gasteiger partial charge on any atom is 0.325 e. The molecule has 0 saturated carbocycles. The van der Waals surface area contributed by atoms with Gasteiger partial charge < -0.3 is 20.1 Å². The van der Waals surface area contributed by atoms with Crippen molar-refractivity contribution in [2.24, 2.45) is 5.92 Å². The molecule has 0 aromatic heterocycles. The van der Waals surface area contributed by atoms with E-state index in [9.17, 15) is 9.59 Å². The zero-order valence-electron chi connectivity index (χ0n) is 9.62. The molecule has 1 aliphatic rings. The summed E-state index contributed by atoms with van der Waals surface area (Å²) in [4.78, 5) is 22.6. The minimum absolute atomic E-state index is 0.0302. The van der Waals surface area contributed by atoms with E-state index < -0.39 is 5.97 Å². The SMILES string of the molecule is CCNC1COCC1C(=O)NCC(=O)OC. The van der Waals surface area contributed by atoms with Crippen molar-refractivity contribution < 1.29 is 19.1 Å². The quantitative estimate of drug-likeness (QED) is 0.586. The number of esters is 1. The first-order chi connectivity index (χ1) is 7.69. The molecule has 0 radical (unpaired) electrons. The molecule has 2 N–H and O–H groups in total. The second kappa shape index (κ2) is 6.44. The van der Waals surface area contributed by atoms with Gasteiger partial charge in [-0.15, -0.1) is 0 Å². The van der Waals surface area contributed by atoms with Crippen molar-refractivity contribution >= 4 is 11.9 Å². The second-order valence-electron chi connectivity index (χ2n) is 3.60. The fourth-order valence-electron chi connectivity index (χ4n) is 1.64. The first-order valence-electron chi connectivity index (χ1n) is 5.34. The van der Waals surface area contributed by atoms with Crippen LogP contribution in [-0.4, -0.2) is 51.3 Å². The Morgan fingerprint density at radius 1 is 1.44 bits per heavy atom. The highest BCUT2D eigenvalue weighted by Gasteiger charge is 2.33. The van der Waals surface area contributed by atoms with E-state index in [1.165, 1.54) is 7.11 Å². The van der Waals surface area contributed by atoms with E-state index in [0.717, 1.165) is 6.54 Å². The lowest BCUT2D eigenvalue weighted by Crippen LogP contribution is -2.45. The highest BCUT2D eigenvalue weighted by Crippen LogP contribution is 2.13. The zero-order chi connectivity index (χ0) is 12.0. The van der Waals surface area contributed by atoms with Gasteiger partial charge in [0.25, 0.3) is 0 Å². The summed E-state index contributed by atoms with van der Waals surface area (Å²) in [6.07, 6.45) is 0. The van der Waals surface area contributed by atoms with Crippen LogP contribution in [0.15, 0.2) is 0 Å². The first-order valence-corrected chi connectivity index (χ1v) is 5.34. The lowest BCUT2D eigenvalue weighted by molar-refractivity contribution is -0.141. The van der Waals surface area contributed by atoms with Crippen LogP contribution >= 0.6 is 0 Å². The number of methoxy groups -OCH3 is 1. The lowest BCUT2D eigenvalue weighted by atomic mass is 10.0. The van der Waals surface area contributed by atoms with E-state index in [2.05, 4.69) is 15.4 Å². The Balaban J connectivity index is 2.37. The van der Waals surface area contributed by atoms with E-state index in [0.29, 0.717) is 13.2 Å². The summed E-state index contributed by atoms with van der Waals surface area (Å²) < 4.78 is 9.67. The number of carbonyl (C=O) groups excluding carboxylic acids is 2. The van der Waals surface area contributed by atoms with Crippen molar-refractivity contribution in [3.05, 3.63) is 0 Å². The number of hydrogen-bond donors (Lipinski definition) is 2. The van der Waals surface area contributed by atoms with Crippen LogP contribution in [0, 0.1) is 5.92 Å². The molecule has 0 aromatic rings. The highest BCUT2D eigenvalue weighted by atomic mass is 16.5. The van der Waals surface area contributed by atoms with Crippen molar-refractivity contribution in [2.75, 3.05) is 33.4 Å². The second-order valence-corrected chi connectivity index (χ2v) is 3.60. The summed E-state index contributed by atoms with van der Waals surface area (Å²) >= 11 is 0. The summed E-state index contributed by atoms with van der Waals surface area (Å²) in [6, 6.07) is 0.0302. The molecule has 0 aliphatic carbocycles. The van der Waals surface area contributed by atoms with Gasteiger partial charge in [-0.3, -0.25) is 9.59 Å². The number of carbonyl (C=O) groups is 2. The predicted molar refractivity (Wildman–Crippen MR) is 56.8 cm³/mol. The average Bonchev–Trinajstić information content (AvgIpc) is 2.74. The van der Waals surface area contributed by atoms with Gasteiger partial charge in [-0.2, -0.15) is 0 Å². The molecular weight excluding hydrogens is 212 g/mol. The van der Waals surface area contributed by atoms with Gasteiger partial charge in [-0.25, -0.2) is 0 Å². The van der Waals surface area contributed by atoms with Gasteiger partial charge in [0, 0.05) is 6.04 Å². The Morgan fingerprint density at radius 2 is 2.19 bits per heavy atom. The van der Waals surface area contributed by atoms with Gasteiger partial charge in [0.05, 0.1) is 26.2 Å². The third-order valence-electron chi connectivity index (χ3n) is 2.52. The minimum atomic E-state index is -0.452. The number of hydrogen-bond acceptors (Lipinski definition) is 5. The number of nitrogens with one attached hydrogen (secondary N) is 2. The Labute approximate surface area is 94.7 Å². The van der Waals surface area contributed by atoms with Crippen LogP contribution in [0.2, 0.25) is 0 Å². The summed E-state index contributed by atoms with van der Waals surface area (Å²) in [5.74, 6) is -0.856. The summed E-state index contributed by atoms with van der Waals surface area (Å²) in [5.41, 5.74) is 0. The van der Waals surface area contributed by atoms with Crippen molar-refractivity contribution in [2.45, 2.75) is 13.0 Å². The van der Waals surface area contributed by atoms with Gasteiger partial charge >= 0.3 is 5.97 Å². The average molecular weight is 230 g/mol. The zero-order valence-corrected chi connectivity index (χ0v) is 9.62. The molecule has 0 aromatic carbocycles. The molecule has 92 valence electrons. The largest absolute Gasteiger partial charge is 0.468 e. The molecule has 1 aliphatic heterocycles. The molecule has 1 amide bonds. The van der Waals surface area contributed by atoms with Crippen LogP contribution in [0.4, 0.5) is 0 Å². The molecule has 0 bridgehead atoms. The van der Waals surface area contributed by atoms with E-state index >= 15 is 0 Å². The molecular formula is C10H18N2O4. The monoisotopic (exact) mass is 230 g/mol. The Hall–Kier alpha value is -1.14. The molecule has 0 spiro atoms. The van der Waals surface area contributed by atoms with E-state index in [4.69, 9.17) is 4.74 Å². The van der Waals surface area contributed by atoms with Crippen molar-refractivity contribution in [1.29, 1.82) is 0 Å². The van der Waals surface area contributed by atoms with Crippen molar-refractivity contribution in [3.8, 4) is 0 Å². The fraction of sp³-hybridized carbons (Fsp3) is 0.800. The molecule has 6 heteroatoms. The summed E-state index contributed by atoms with van der Waals surface area (Å²) in [7, 11) is 1.29. The molecule has 1 fully saturated rings. The van der Waals surface area contributed by atoms with Crippen LogP contribution in [0.5, 0.6) is 0 Å². The number of likely N-dealkylation sites (N-methyl/N-ethyl adjacent to an activating group) is 1. The third kappa shape index (κ3) is 3.46. The predicted octanol–water partition coefficient (Wildman–Crippen LogP) is -1.10. The first kappa shape index (κ1) is 12.9. The van der Waals surface area contributed by atoms with Gasteiger partial charge in [0.1, 0.15) is 6.54 Å². The molecule has 1 heterocycles. The van der Waals surface area contributed by atoms with Gasteiger partial charge in [0.2, 0.25) is 5.91 Å². The Bertz CT molecular complexity index is 257. The number of amides is 1. The number of rotatable bonds is 5. The normalized spacial score (nSPS) is 24.1. The van der Waals surface area contributed by atoms with Gasteiger partial charge in [0.15, 0.2) is 0 Å². The molecule has 6 nitrogen and oxygen atoms in total. The van der Waals surface area contributed by atoms with Crippen molar-refractivity contribution in [1.82, 2.24) is 10.6 Å². The fourth-order valence-corrected chi connectivity index (χ4v) is 1.64. The van der Waals surface area contributed by atoms with Gasteiger partial charge in [-0.05, 0) is 6.54 Å². The molecule has 16 heavy (non-hydrogen) atoms. The van der Waals surface area contributed by atoms with E-state index in [1.54, 1.807) is 0 Å². The maximum atomic E-state index is 11.7. The smallest absolute Gasteiger partial charge is 0.325 e. The van der Waals surface area contributed by atoms with Crippen LogP contribution in [-0.2, 0) is 19.1 Å². The van der Waals surface area contributed by atoms with Gasteiger partial charge in [-0.1, -0.05) is 6.92 Å². The van der Waals surface area contributed by atoms with Crippen LogP contribution in [0.1, 0.15) is 6.92 Å². The molecule has 1 saturated heterocycles. The third-order valence-corrected chi connectivity index (χ3v) is 2.52. The molecule has 2 atom stereocenters. The minimum Gasteiger partial charge on any atom is -0.468 e. The Morgan fingerprint density at radius 3 is 2.81 bits per heavy atom. The maximum absolute atomic E-state index is 11.7. The summed E-state index contributed by atoms with van der Waals surface area (Å²) in [6.45, 7) is 3.59. The van der Waals surface area contributed by atoms with E-state index in [1.807, 2.05) is 6.92 Å². The highest BCUT2D eigenvalue weighted by molar-refractivity contribution is 5.84. The van der Waals surface area contributed by atoms with Crippen LogP contribution in [0.25, 0.3) is 0 Å². The Kier molecular flexibility index (Phi) is 5.21. The lowest BCUT2D eigenvalue weighted by Gasteiger charge is -2.17. The van der Waals surface area contributed by atoms with Crippen LogP contribution < -0.4 is 10.6 Å². The standard InChI is InChI=1S/C10H18N2O4/c1-3-11-8-6-16-5-7(8)10(14)12-4-9(13)15-2/h7-8,11H,3-6H2,1-2H3,(H,12,14). The molecule has 2 unspecified atom stereocenters. The van der Waals surface area contributed by atoms with Crippen molar-refractivity contribution in [3.63, 3.8) is 0 Å². The topological polar surface area (TPSA) is 76.7 Å². The van der Waals surface area contributed by atoms with Crippen LogP contribution in [0.3, 0.4) is 0 Å². The summed E-state index contributed by atoms with van der Waals surface area (Å²) in [5, 5.41) is 5.71. The van der Waals surface area contributed by atoms with E-state index in [-0.39, 0.29) is 24.4 Å². The molecule has 1 rings (SSSR count). The number of ether oxygens (including phenoxy) is 2.